The van der Waals surface area contributed by atoms with E-state index in [0.29, 0.717) is 5.69 Å². The van der Waals surface area contributed by atoms with Gasteiger partial charge in [-0.1, -0.05) is 0 Å². The van der Waals surface area contributed by atoms with Crippen molar-refractivity contribution in [2.75, 3.05) is 0 Å². The standard InChI is InChI=1S/C4H6N2O2/c7-2-3-1-4(8)6-5-3/h1,7H,2H2,(H2,5,6,8). The summed E-state index contributed by atoms with van der Waals surface area (Å²) in [5.74, 6) is -0.0194. The third-order valence-corrected chi connectivity index (χ3v) is 0.779. The van der Waals surface area contributed by atoms with E-state index >= 15 is 0 Å². The van der Waals surface area contributed by atoms with Crippen LogP contribution >= 0.6 is 0 Å². The van der Waals surface area contributed by atoms with Gasteiger partial charge in [0.2, 0.25) is 5.88 Å². The van der Waals surface area contributed by atoms with Crippen LogP contribution in [0.2, 0.25) is 0 Å². The lowest BCUT2D eigenvalue weighted by molar-refractivity contribution is 0.276. The van der Waals surface area contributed by atoms with Gasteiger partial charge in [-0.25, -0.2) is 5.10 Å². The van der Waals surface area contributed by atoms with Gasteiger partial charge >= 0.3 is 0 Å². The van der Waals surface area contributed by atoms with Crippen LogP contribution in [0, 0.1) is 0 Å². The Morgan fingerprint density at radius 1 is 1.75 bits per heavy atom. The zero-order chi connectivity index (χ0) is 5.98. The molecule has 0 atom stereocenters. The van der Waals surface area contributed by atoms with Gasteiger partial charge < -0.3 is 10.2 Å². The number of hydrogen-bond donors (Lipinski definition) is 3. The van der Waals surface area contributed by atoms with Crippen LogP contribution in [0.3, 0.4) is 0 Å². The molecule has 0 aliphatic heterocycles. The summed E-state index contributed by atoms with van der Waals surface area (Å²) < 4.78 is 0. The van der Waals surface area contributed by atoms with E-state index < -0.39 is 0 Å². The maximum atomic E-state index is 8.56. The van der Waals surface area contributed by atoms with Crippen LogP contribution in [0.15, 0.2) is 6.07 Å². The van der Waals surface area contributed by atoms with Crippen molar-refractivity contribution < 1.29 is 10.2 Å². The number of aliphatic hydroxyl groups is 1. The lowest BCUT2D eigenvalue weighted by atomic mass is 10.5. The third-order valence-electron chi connectivity index (χ3n) is 0.779. The van der Waals surface area contributed by atoms with Crippen LogP contribution in [0.4, 0.5) is 0 Å². The first-order valence-electron chi connectivity index (χ1n) is 2.17. The summed E-state index contributed by atoms with van der Waals surface area (Å²) in [6.45, 7) is -0.142. The molecular formula is C4H6N2O2. The molecule has 4 heteroatoms. The second-order valence-corrected chi connectivity index (χ2v) is 1.40. The Labute approximate surface area is 45.8 Å². The summed E-state index contributed by atoms with van der Waals surface area (Å²) in [5.41, 5.74) is 0.447. The molecule has 1 rings (SSSR count). The third kappa shape index (κ3) is 0.788. The molecule has 0 amide bonds. The summed E-state index contributed by atoms with van der Waals surface area (Å²) in [6, 6.07) is 1.36. The van der Waals surface area contributed by atoms with Crippen molar-refractivity contribution in [3.05, 3.63) is 11.8 Å². The molecule has 1 aromatic rings. The maximum absolute atomic E-state index is 8.56. The highest BCUT2D eigenvalue weighted by molar-refractivity contribution is 5.10. The van der Waals surface area contributed by atoms with Gasteiger partial charge in [0.05, 0.1) is 12.3 Å². The number of nitrogens with one attached hydrogen (secondary N) is 1. The zero-order valence-corrected chi connectivity index (χ0v) is 4.13. The summed E-state index contributed by atoms with van der Waals surface area (Å²) in [4.78, 5) is 0. The Balaban J connectivity index is 2.84. The van der Waals surface area contributed by atoms with Crippen LogP contribution in [0.25, 0.3) is 0 Å². The molecule has 0 spiro atoms. The van der Waals surface area contributed by atoms with Gasteiger partial charge in [-0.2, -0.15) is 5.10 Å². The number of hydrogen-bond acceptors (Lipinski definition) is 3. The van der Waals surface area contributed by atoms with Crippen molar-refractivity contribution >= 4 is 0 Å². The zero-order valence-electron chi connectivity index (χ0n) is 4.13. The van der Waals surface area contributed by atoms with Crippen molar-refractivity contribution in [1.29, 1.82) is 0 Å². The normalized spacial score (nSPS) is 9.62. The predicted molar refractivity (Wildman–Crippen MR) is 26.2 cm³/mol. The average Bonchev–Trinajstić information content (AvgIpc) is 2.14. The van der Waals surface area contributed by atoms with Crippen molar-refractivity contribution in [3.8, 4) is 5.88 Å². The maximum Gasteiger partial charge on any atom is 0.206 e. The Kier molecular flexibility index (Phi) is 1.17. The van der Waals surface area contributed by atoms with E-state index in [4.69, 9.17) is 10.2 Å². The first-order chi connectivity index (χ1) is 3.83. The van der Waals surface area contributed by atoms with Gasteiger partial charge in [0.15, 0.2) is 0 Å². The molecule has 4 nitrogen and oxygen atoms in total. The van der Waals surface area contributed by atoms with Crippen LogP contribution in [0.1, 0.15) is 5.69 Å². The van der Waals surface area contributed by atoms with Crippen molar-refractivity contribution in [2.45, 2.75) is 6.61 Å². The molecule has 0 unspecified atom stereocenters. The lowest BCUT2D eigenvalue weighted by Gasteiger charge is -1.76. The van der Waals surface area contributed by atoms with Gasteiger partial charge in [-0.3, -0.25) is 0 Å². The molecule has 0 saturated heterocycles. The van der Waals surface area contributed by atoms with E-state index in [2.05, 4.69) is 10.2 Å². The number of aromatic amines is 1. The summed E-state index contributed by atoms with van der Waals surface area (Å²) >= 11 is 0. The molecule has 44 valence electrons. The number of aromatic nitrogens is 2. The highest BCUT2D eigenvalue weighted by atomic mass is 16.3. The summed E-state index contributed by atoms with van der Waals surface area (Å²) in [7, 11) is 0. The number of aliphatic hydroxyl groups excluding tert-OH is 1. The Bertz CT molecular complexity index is 172. The van der Waals surface area contributed by atoms with E-state index in [9.17, 15) is 0 Å². The van der Waals surface area contributed by atoms with E-state index in [1.54, 1.807) is 0 Å². The fraction of sp³-hybridized carbons (Fsp3) is 0.250. The molecule has 0 aromatic carbocycles. The number of aromatic hydroxyl groups is 1. The highest BCUT2D eigenvalue weighted by Gasteiger charge is 1.93. The van der Waals surface area contributed by atoms with Gasteiger partial charge in [0.25, 0.3) is 0 Å². The van der Waals surface area contributed by atoms with E-state index in [1.807, 2.05) is 0 Å². The number of rotatable bonds is 1. The lowest BCUT2D eigenvalue weighted by Crippen LogP contribution is -1.79. The van der Waals surface area contributed by atoms with E-state index in [0.717, 1.165) is 0 Å². The Morgan fingerprint density at radius 3 is 2.75 bits per heavy atom. The average molecular weight is 114 g/mol. The SMILES string of the molecule is OCc1cc(O)[nH]n1. The van der Waals surface area contributed by atoms with Gasteiger partial charge in [-0.15, -0.1) is 0 Å². The predicted octanol–water partition coefficient (Wildman–Crippen LogP) is -0.392. The first kappa shape index (κ1) is 5.11. The van der Waals surface area contributed by atoms with E-state index in [1.165, 1.54) is 6.07 Å². The summed E-state index contributed by atoms with van der Waals surface area (Å²) in [5, 5.41) is 22.7. The van der Waals surface area contributed by atoms with Crippen LogP contribution in [-0.4, -0.2) is 20.4 Å². The molecule has 0 fully saturated rings. The minimum Gasteiger partial charge on any atom is -0.494 e. The van der Waals surface area contributed by atoms with Crippen LogP contribution in [-0.2, 0) is 6.61 Å². The Hall–Kier alpha value is -1.03. The van der Waals surface area contributed by atoms with Crippen molar-refractivity contribution in [2.24, 2.45) is 0 Å². The van der Waals surface area contributed by atoms with E-state index in [-0.39, 0.29) is 12.5 Å². The second kappa shape index (κ2) is 1.83. The monoisotopic (exact) mass is 114 g/mol. The molecule has 0 radical (unpaired) electrons. The molecule has 1 aromatic heterocycles. The molecule has 1 heterocycles. The van der Waals surface area contributed by atoms with Crippen LogP contribution in [0.5, 0.6) is 5.88 Å². The first-order valence-corrected chi connectivity index (χ1v) is 2.17. The van der Waals surface area contributed by atoms with Crippen molar-refractivity contribution in [1.82, 2.24) is 10.2 Å². The van der Waals surface area contributed by atoms with Gasteiger partial charge in [-0.05, 0) is 0 Å². The molecule has 0 bridgehead atoms. The minimum atomic E-state index is -0.142. The van der Waals surface area contributed by atoms with Gasteiger partial charge in [0, 0.05) is 6.07 Å². The molecule has 0 aliphatic rings. The van der Waals surface area contributed by atoms with Crippen molar-refractivity contribution in [3.63, 3.8) is 0 Å². The largest absolute Gasteiger partial charge is 0.494 e. The molecule has 8 heavy (non-hydrogen) atoms. The van der Waals surface area contributed by atoms with Crippen LogP contribution < -0.4 is 0 Å². The second-order valence-electron chi connectivity index (χ2n) is 1.40. The van der Waals surface area contributed by atoms with Gasteiger partial charge in [0.1, 0.15) is 0 Å². The molecular weight excluding hydrogens is 108 g/mol. The number of H-pyrrole nitrogens is 1. The smallest absolute Gasteiger partial charge is 0.206 e. The summed E-state index contributed by atoms with van der Waals surface area (Å²) in [6.07, 6.45) is 0. The molecule has 0 saturated carbocycles. The topological polar surface area (TPSA) is 69.1 Å². The molecule has 0 aliphatic carbocycles. The Morgan fingerprint density at radius 2 is 2.50 bits per heavy atom. The number of nitrogens with zero attached hydrogens (tertiary/aromatic N) is 1. The minimum absolute atomic E-state index is 0.0194. The fourth-order valence-corrected chi connectivity index (χ4v) is 0.432. The fourth-order valence-electron chi connectivity index (χ4n) is 0.432. The molecule has 3 N–H and O–H groups in total. The quantitative estimate of drug-likeness (QED) is 0.465. The highest BCUT2D eigenvalue weighted by Crippen LogP contribution is 2.03.